The fourth-order valence-electron chi connectivity index (χ4n) is 2.14. The molecule has 0 radical (unpaired) electrons. The quantitative estimate of drug-likeness (QED) is 0.615. The lowest BCUT2D eigenvalue weighted by atomic mass is 10.2. The molecule has 0 aliphatic rings. The summed E-state index contributed by atoms with van der Waals surface area (Å²) in [4.78, 5) is 20.2. The molecule has 25 heavy (non-hydrogen) atoms. The van der Waals surface area contributed by atoms with Crippen molar-refractivity contribution >= 4 is 45.0 Å². The third-order valence-corrected chi connectivity index (χ3v) is 3.84. The van der Waals surface area contributed by atoms with Crippen LogP contribution in [0.2, 0.25) is 0 Å². The maximum absolute atomic E-state index is 11.6. The van der Waals surface area contributed by atoms with Gasteiger partial charge in [-0.2, -0.15) is 4.98 Å². The van der Waals surface area contributed by atoms with Gasteiger partial charge in [0.2, 0.25) is 5.95 Å². The first-order valence-electron chi connectivity index (χ1n) is 7.45. The molecule has 1 heterocycles. The molecule has 0 spiro atoms. The van der Waals surface area contributed by atoms with E-state index in [9.17, 15) is 4.79 Å². The second kappa shape index (κ2) is 7.76. The standard InChI is InChI=1S/C18H15BrN4O2/c1-25-17(24)12-3-2-4-15(11-12)21-16-9-10-20-18(23-16)22-14-7-5-13(19)6-8-14/h2-11H,1H3,(H2,20,21,22,23). The Bertz CT molecular complexity index is 884. The number of hydrogen-bond donors (Lipinski definition) is 2. The third-order valence-electron chi connectivity index (χ3n) is 3.31. The summed E-state index contributed by atoms with van der Waals surface area (Å²) in [5.74, 6) is 0.692. The first kappa shape index (κ1) is 16.9. The van der Waals surface area contributed by atoms with Crippen molar-refractivity contribution < 1.29 is 9.53 Å². The number of rotatable bonds is 5. The largest absolute Gasteiger partial charge is 0.465 e. The molecule has 0 saturated carbocycles. The van der Waals surface area contributed by atoms with E-state index in [4.69, 9.17) is 4.74 Å². The molecule has 0 amide bonds. The first-order valence-corrected chi connectivity index (χ1v) is 8.24. The van der Waals surface area contributed by atoms with Gasteiger partial charge in [0.25, 0.3) is 0 Å². The van der Waals surface area contributed by atoms with Crippen molar-refractivity contribution in [3.63, 3.8) is 0 Å². The maximum Gasteiger partial charge on any atom is 0.337 e. The lowest BCUT2D eigenvalue weighted by Crippen LogP contribution is -2.03. The predicted octanol–water partition coefficient (Wildman–Crippen LogP) is 4.51. The molecule has 3 aromatic rings. The van der Waals surface area contributed by atoms with E-state index in [0.717, 1.165) is 15.8 Å². The Kier molecular flexibility index (Phi) is 5.25. The minimum absolute atomic E-state index is 0.385. The van der Waals surface area contributed by atoms with Crippen molar-refractivity contribution in [3.05, 3.63) is 70.8 Å². The van der Waals surface area contributed by atoms with Crippen LogP contribution in [0.4, 0.5) is 23.1 Å². The van der Waals surface area contributed by atoms with E-state index in [0.29, 0.717) is 17.3 Å². The van der Waals surface area contributed by atoms with Crippen molar-refractivity contribution in [3.8, 4) is 0 Å². The summed E-state index contributed by atoms with van der Waals surface area (Å²) in [5, 5.41) is 6.29. The van der Waals surface area contributed by atoms with Crippen LogP contribution >= 0.6 is 15.9 Å². The van der Waals surface area contributed by atoms with Crippen LogP contribution in [0, 0.1) is 0 Å². The summed E-state index contributed by atoms with van der Waals surface area (Å²) in [6, 6.07) is 16.5. The predicted molar refractivity (Wildman–Crippen MR) is 101 cm³/mol. The highest BCUT2D eigenvalue weighted by Gasteiger charge is 2.06. The maximum atomic E-state index is 11.6. The van der Waals surface area contributed by atoms with Gasteiger partial charge in [0, 0.05) is 22.0 Å². The fourth-order valence-corrected chi connectivity index (χ4v) is 2.40. The van der Waals surface area contributed by atoms with E-state index in [2.05, 4.69) is 36.5 Å². The zero-order chi connectivity index (χ0) is 17.6. The van der Waals surface area contributed by atoms with Gasteiger partial charge in [-0.25, -0.2) is 9.78 Å². The normalized spacial score (nSPS) is 10.2. The SMILES string of the molecule is COC(=O)c1cccc(Nc2ccnc(Nc3ccc(Br)cc3)n2)c1. The van der Waals surface area contributed by atoms with Crippen molar-refractivity contribution in [1.82, 2.24) is 9.97 Å². The van der Waals surface area contributed by atoms with Crippen LogP contribution in [0.3, 0.4) is 0 Å². The highest BCUT2D eigenvalue weighted by Crippen LogP contribution is 2.20. The molecule has 0 atom stereocenters. The van der Waals surface area contributed by atoms with Crippen molar-refractivity contribution in [2.45, 2.75) is 0 Å². The summed E-state index contributed by atoms with van der Waals surface area (Å²) in [5.41, 5.74) is 2.08. The van der Waals surface area contributed by atoms with E-state index in [1.807, 2.05) is 30.3 Å². The van der Waals surface area contributed by atoms with Crippen LogP contribution in [0.5, 0.6) is 0 Å². The smallest absolute Gasteiger partial charge is 0.337 e. The number of carbonyl (C=O) groups is 1. The molecule has 2 aromatic carbocycles. The van der Waals surface area contributed by atoms with Gasteiger partial charge >= 0.3 is 5.97 Å². The highest BCUT2D eigenvalue weighted by molar-refractivity contribution is 9.10. The molecule has 6 nitrogen and oxygen atoms in total. The minimum Gasteiger partial charge on any atom is -0.465 e. The van der Waals surface area contributed by atoms with Gasteiger partial charge in [-0.3, -0.25) is 0 Å². The number of nitrogens with zero attached hydrogens (tertiary/aromatic N) is 2. The number of methoxy groups -OCH3 is 1. The number of benzene rings is 2. The minimum atomic E-state index is -0.385. The van der Waals surface area contributed by atoms with Crippen LogP contribution < -0.4 is 10.6 Å². The molecule has 0 unspecified atom stereocenters. The Balaban J connectivity index is 1.75. The summed E-state index contributed by atoms with van der Waals surface area (Å²) in [6.07, 6.45) is 1.65. The van der Waals surface area contributed by atoms with Gasteiger partial charge in [-0.1, -0.05) is 22.0 Å². The van der Waals surface area contributed by atoms with Gasteiger partial charge in [-0.05, 0) is 48.5 Å². The van der Waals surface area contributed by atoms with Gasteiger partial charge in [-0.15, -0.1) is 0 Å². The Hall–Kier alpha value is -2.93. The molecule has 0 aliphatic heterocycles. The molecule has 0 aliphatic carbocycles. The molecule has 0 fully saturated rings. The molecule has 0 saturated heterocycles. The average Bonchev–Trinajstić information content (AvgIpc) is 2.63. The van der Waals surface area contributed by atoms with E-state index in [-0.39, 0.29) is 5.97 Å². The molecule has 3 rings (SSSR count). The van der Waals surface area contributed by atoms with Crippen LogP contribution in [-0.2, 0) is 4.74 Å². The van der Waals surface area contributed by atoms with Crippen LogP contribution in [0.25, 0.3) is 0 Å². The first-order chi connectivity index (χ1) is 12.1. The summed E-state index contributed by atoms with van der Waals surface area (Å²) in [6.45, 7) is 0. The Morgan fingerprint density at radius 3 is 2.60 bits per heavy atom. The zero-order valence-electron chi connectivity index (χ0n) is 13.4. The van der Waals surface area contributed by atoms with Gasteiger partial charge in [0.05, 0.1) is 12.7 Å². The lowest BCUT2D eigenvalue weighted by molar-refractivity contribution is 0.0601. The molecule has 7 heteroatoms. The third kappa shape index (κ3) is 4.54. The molecular weight excluding hydrogens is 384 g/mol. The summed E-state index contributed by atoms with van der Waals surface area (Å²) >= 11 is 3.40. The van der Waals surface area contributed by atoms with E-state index < -0.39 is 0 Å². The molecule has 0 bridgehead atoms. The van der Waals surface area contributed by atoms with Crippen LogP contribution in [-0.4, -0.2) is 23.0 Å². The summed E-state index contributed by atoms with van der Waals surface area (Å²) < 4.78 is 5.73. The Morgan fingerprint density at radius 1 is 1.04 bits per heavy atom. The Labute approximate surface area is 153 Å². The number of esters is 1. The fraction of sp³-hybridized carbons (Fsp3) is 0.0556. The molecular formula is C18H15BrN4O2. The van der Waals surface area contributed by atoms with Crippen molar-refractivity contribution in [1.29, 1.82) is 0 Å². The van der Waals surface area contributed by atoms with Gasteiger partial charge in [0.1, 0.15) is 5.82 Å². The number of nitrogens with one attached hydrogen (secondary N) is 2. The highest BCUT2D eigenvalue weighted by atomic mass is 79.9. The monoisotopic (exact) mass is 398 g/mol. The number of hydrogen-bond acceptors (Lipinski definition) is 6. The molecule has 126 valence electrons. The second-order valence-electron chi connectivity index (χ2n) is 5.09. The average molecular weight is 399 g/mol. The van der Waals surface area contributed by atoms with Gasteiger partial charge < -0.3 is 15.4 Å². The van der Waals surface area contributed by atoms with E-state index in [1.165, 1.54) is 7.11 Å². The zero-order valence-corrected chi connectivity index (χ0v) is 14.9. The number of ether oxygens (including phenoxy) is 1. The van der Waals surface area contributed by atoms with Crippen molar-refractivity contribution in [2.75, 3.05) is 17.7 Å². The van der Waals surface area contributed by atoms with Crippen LogP contribution in [0.15, 0.2) is 65.3 Å². The van der Waals surface area contributed by atoms with Crippen LogP contribution in [0.1, 0.15) is 10.4 Å². The van der Waals surface area contributed by atoms with E-state index >= 15 is 0 Å². The van der Waals surface area contributed by atoms with E-state index in [1.54, 1.807) is 30.5 Å². The number of aromatic nitrogens is 2. The molecule has 1 aromatic heterocycles. The summed E-state index contributed by atoms with van der Waals surface area (Å²) in [7, 11) is 1.35. The Morgan fingerprint density at radius 2 is 1.84 bits per heavy atom. The lowest BCUT2D eigenvalue weighted by Gasteiger charge is -2.09. The molecule has 2 N–H and O–H groups in total. The number of carbonyl (C=O) groups excluding carboxylic acids is 1. The number of halogens is 1. The number of anilines is 4. The van der Waals surface area contributed by atoms with Gasteiger partial charge in [0.15, 0.2) is 0 Å². The second-order valence-corrected chi connectivity index (χ2v) is 6.01. The topological polar surface area (TPSA) is 76.1 Å². The van der Waals surface area contributed by atoms with Crippen molar-refractivity contribution in [2.24, 2.45) is 0 Å².